The summed E-state index contributed by atoms with van der Waals surface area (Å²) in [6, 6.07) is 6.63. The molecule has 22 heavy (non-hydrogen) atoms. The first-order chi connectivity index (χ1) is 10.4. The average Bonchev–Trinajstić information content (AvgIpc) is 2.50. The summed E-state index contributed by atoms with van der Waals surface area (Å²) in [5, 5.41) is 5.31. The van der Waals surface area contributed by atoms with Crippen LogP contribution >= 0.6 is 22.6 Å². The SMILES string of the molecule is CCCNC(=O)[C@@H](C)NC(=O)CCC(=O)c1ccc(I)cc1. The summed E-state index contributed by atoms with van der Waals surface area (Å²) in [6.45, 7) is 4.17. The molecule has 1 rings (SSSR count). The number of halogens is 1. The summed E-state index contributed by atoms with van der Waals surface area (Å²) < 4.78 is 1.05. The van der Waals surface area contributed by atoms with Crippen LogP contribution in [-0.2, 0) is 9.59 Å². The monoisotopic (exact) mass is 416 g/mol. The van der Waals surface area contributed by atoms with E-state index >= 15 is 0 Å². The zero-order chi connectivity index (χ0) is 16.5. The lowest BCUT2D eigenvalue weighted by Gasteiger charge is -2.13. The smallest absolute Gasteiger partial charge is 0.242 e. The highest BCUT2D eigenvalue weighted by atomic mass is 127. The first-order valence-electron chi connectivity index (χ1n) is 7.30. The predicted octanol–water partition coefficient (Wildman–Crippen LogP) is 2.28. The summed E-state index contributed by atoms with van der Waals surface area (Å²) in [4.78, 5) is 35.4. The van der Waals surface area contributed by atoms with E-state index in [1.54, 1.807) is 19.1 Å². The van der Waals surface area contributed by atoms with Gasteiger partial charge in [0.2, 0.25) is 11.8 Å². The van der Waals surface area contributed by atoms with Crippen molar-refractivity contribution in [2.45, 2.75) is 39.2 Å². The van der Waals surface area contributed by atoms with Crippen LogP contribution in [0.5, 0.6) is 0 Å². The van der Waals surface area contributed by atoms with Crippen molar-refractivity contribution in [2.75, 3.05) is 6.54 Å². The highest BCUT2D eigenvalue weighted by Gasteiger charge is 2.16. The van der Waals surface area contributed by atoms with E-state index in [4.69, 9.17) is 0 Å². The quantitative estimate of drug-likeness (QED) is 0.505. The van der Waals surface area contributed by atoms with Gasteiger partial charge in [-0.3, -0.25) is 14.4 Å². The molecular formula is C16H21IN2O3. The lowest BCUT2D eigenvalue weighted by atomic mass is 10.1. The minimum Gasteiger partial charge on any atom is -0.354 e. The van der Waals surface area contributed by atoms with E-state index < -0.39 is 6.04 Å². The summed E-state index contributed by atoms with van der Waals surface area (Å²) in [5.74, 6) is -0.577. The molecule has 1 aromatic rings. The van der Waals surface area contributed by atoms with Gasteiger partial charge < -0.3 is 10.6 Å². The van der Waals surface area contributed by atoms with Crippen LogP contribution in [0.25, 0.3) is 0 Å². The fourth-order valence-electron chi connectivity index (χ4n) is 1.79. The number of benzene rings is 1. The molecule has 120 valence electrons. The molecule has 0 saturated carbocycles. The third-order valence-electron chi connectivity index (χ3n) is 3.07. The minimum absolute atomic E-state index is 0.0744. The van der Waals surface area contributed by atoms with Crippen molar-refractivity contribution < 1.29 is 14.4 Å². The number of Topliss-reactive ketones (excluding diaryl/α,β-unsaturated/α-hetero) is 1. The van der Waals surface area contributed by atoms with Gasteiger partial charge in [-0.05, 0) is 48.1 Å². The Labute approximate surface area is 144 Å². The van der Waals surface area contributed by atoms with E-state index in [0.717, 1.165) is 9.99 Å². The van der Waals surface area contributed by atoms with Gasteiger partial charge >= 0.3 is 0 Å². The molecular weight excluding hydrogens is 395 g/mol. The Morgan fingerprint density at radius 3 is 2.36 bits per heavy atom. The van der Waals surface area contributed by atoms with Crippen molar-refractivity contribution in [3.05, 3.63) is 33.4 Å². The summed E-state index contributed by atoms with van der Waals surface area (Å²) >= 11 is 2.17. The Morgan fingerprint density at radius 2 is 1.77 bits per heavy atom. The van der Waals surface area contributed by atoms with E-state index in [1.807, 2.05) is 19.1 Å². The molecule has 0 aromatic heterocycles. The molecule has 5 nitrogen and oxygen atoms in total. The van der Waals surface area contributed by atoms with Crippen LogP contribution in [-0.4, -0.2) is 30.2 Å². The maximum atomic E-state index is 12.0. The van der Waals surface area contributed by atoms with Gasteiger partial charge in [0.1, 0.15) is 6.04 Å². The molecule has 0 unspecified atom stereocenters. The molecule has 2 amide bonds. The lowest BCUT2D eigenvalue weighted by Crippen LogP contribution is -2.45. The van der Waals surface area contributed by atoms with Crippen molar-refractivity contribution >= 4 is 40.2 Å². The highest BCUT2D eigenvalue weighted by molar-refractivity contribution is 14.1. The van der Waals surface area contributed by atoms with Crippen LogP contribution in [0.1, 0.15) is 43.5 Å². The number of rotatable bonds is 8. The van der Waals surface area contributed by atoms with E-state index in [1.165, 1.54) is 0 Å². The summed E-state index contributed by atoms with van der Waals surface area (Å²) in [6.07, 6.45) is 1.06. The second-order valence-corrected chi connectivity index (χ2v) is 6.26. The first kappa shape index (κ1) is 18.6. The molecule has 2 N–H and O–H groups in total. The fourth-order valence-corrected chi connectivity index (χ4v) is 2.15. The lowest BCUT2D eigenvalue weighted by molar-refractivity contribution is -0.128. The summed E-state index contributed by atoms with van der Waals surface area (Å²) in [7, 11) is 0. The molecule has 0 bridgehead atoms. The molecule has 1 atom stereocenters. The Morgan fingerprint density at radius 1 is 1.14 bits per heavy atom. The third kappa shape index (κ3) is 6.55. The molecule has 0 radical (unpaired) electrons. The summed E-state index contributed by atoms with van der Waals surface area (Å²) in [5.41, 5.74) is 0.599. The molecule has 0 heterocycles. The molecule has 0 aliphatic heterocycles. The van der Waals surface area contributed by atoms with Crippen LogP contribution in [0.15, 0.2) is 24.3 Å². The van der Waals surface area contributed by atoms with Gasteiger partial charge in [0.15, 0.2) is 5.78 Å². The third-order valence-corrected chi connectivity index (χ3v) is 3.78. The van der Waals surface area contributed by atoms with Crippen molar-refractivity contribution in [3.8, 4) is 0 Å². The average molecular weight is 416 g/mol. The maximum absolute atomic E-state index is 12.0. The van der Waals surface area contributed by atoms with Gasteiger partial charge in [0.05, 0.1) is 0 Å². The van der Waals surface area contributed by atoms with Crippen LogP contribution in [0, 0.1) is 3.57 Å². The van der Waals surface area contributed by atoms with Gasteiger partial charge in [-0.1, -0.05) is 19.1 Å². The van der Waals surface area contributed by atoms with Gasteiger partial charge in [-0.2, -0.15) is 0 Å². The maximum Gasteiger partial charge on any atom is 0.242 e. The second-order valence-electron chi connectivity index (χ2n) is 5.01. The topological polar surface area (TPSA) is 75.3 Å². The Bertz CT molecular complexity index is 529. The molecule has 0 spiro atoms. The number of carbonyl (C=O) groups excluding carboxylic acids is 3. The van der Waals surface area contributed by atoms with Crippen molar-refractivity contribution in [1.82, 2.24) is 10.6 Å². The van der Waals surface area contributed by atoms with Crippen molar-refractivity contribution in [2.24, 2.45) is 0 Å². The minimum atomic E-state index is -0.590. The van der Waals surface area contributed by atoms with Crippen LogP contribution < -0.4 is 10.6 Å². The van der Waals surface area contributed by atoms with Crippen LogP contribution in [0.2, 0.25) is 0 Å². The Kier molecular flexibility index (Phi) is 8.08. The standard InChI is InChI=1S/C16H21IN2O3/c1-3-10-18-16(22)11(2)19-15(21)9-8-14(20)12-4-6-13(17)7-5-12/h4-7,11H,3,8-10H2,1-2H3,(H,18,22)(H,19,21)/t11-/m1/s1. The van der Waals surface area contributed by atoms with E-state index in [2.05, 4.69) is 33.2 Å². The van der Waals surface area contributed by atoms with Gasteiger partial charge in [0, 0.05) is 28.5 Å². The molecule has 0 saturated heterocycles. The largest absolute Gasteiger partial charge is 0.354 e. The predicted molar refractivity (Wildman–Crippen MR) is 93.6 cm³/mol. The molecule has 0 aliphatic rings. The molecule has 0 fully saturated rings. The van der Waals surface area contributed by atoms with Gasteiger partial charge in [-0.25, -0.2) is 0 Å². The number of nitrogens with one attached hydrogen (secondary N) is 2. The zero-order valence-corrected chi connectivity index (χ0v) is 15.0. The first-order valence-corrected chi connectivity index (χ1v) is 8.37. The number of hydrogen-bond acceptors (Lipinski definition) is 3. The Hall–Kier alpha value is -1.44. The second kappa shape index (κ2) is 9.55. The number of ketones is 1. The van der Waals surface area contributed by atoms with Gasteiger partial charge in [-0.15, -0.1) is 0 Å². The van der Waals surface area contributed by atoms with Crippen molar-refractivity contribution in [1.29, 1.82) is 0 Å². The molecule has 6 heteroatoms. The number of carbonyl (C=O) groups is 3. The fraction of sp³-hybridized carbons (Fsp3) is 0.438. The van der Waals surface area contributed by atoms with Gasteiger partial charge in [0.25, 0.3) is 0 Å². The highest BCUT2D eigenvalue weighted by Crippen LogP contribution is 2.09. The zero-order valence-electron chi connectivity index (χ0n) is 12.8. The number of hydrogen-bond donors (Lipinski definition) is 2. The van der Waals surface area contributed by atoms with E-state index in [9.17, 15) is 14.4 Å². The normalized spacial score (nSPS) is 11.6. The number of amides is 2. The molecule has 1 aromatic carbocycles. The van der Waals surface area contributed by atoms with Crippen LogP contribution in [0.4, 0.5) is 0 Å². The van der Waals surface area contributed by atoms with E-state index in [-0.39, 0.29) is 30.4 Å². The molecule has 0 aliphatic carbocycles. The van der Waals surface area contributed by atoms with Crippen molar-refractivity contribution in [3.63, 3.8) is 0 Å². The van der Waals surface area contributed by atoms with E-state index in [0.29, 0.717) is 12.1 Å². The Balaban J connectivity index is 2.37. The van der Waals surface area contributed by atoms with Crippen LogP contribution in [0.3, 0.4) is 0 Å².